The Morgan fingerprint density at radius 2 is 2.00 bits per heavy atom. The summed E-state index contributed by atoms with van der Waals surface area (Å²) in [5.41, 5.74) is 1.43. The van der Waals surface area contributed by atoms with Crippen molar-refractivity contribution in [3.05, 3.63) is 39.2 Å². The predicted molar refractivity (Wildman–Crippen MR) is 70.7 cm³/mol. The van der Waals surface area contributed by atoms with E-state index in [0.29, 0.717) is 5.56 Å². The highest BCUT2D eigenvalue weighted by molar-refractivity contribution is 5.61. The Bertz CT molecular complexity index is 518. The van der Waals surface area contributed by atoms with Crippen LogP contribution in [0.4, 0.5) is 10.1 Å². The largest absolute Gasteiger partial charge is 0.488 e. The molecule has 1 aromatic rings. The van der Waals surface area contributed by atoms with Crippen molar-refractivity contribution in [2.45, 2.75) is 32.1 Å². The fraction of sp³-hybridized carbons (Fsp3) is 0.429. The lowest BCUT2D eigenvalue weighted by Gasteiger charge is -2.13. The number of benzene rings is 1. The Morgan fingerprint density at radius 1 is 1.32 bits per heavy atom. The molecule has 0 amide bonds. The number of halogens is 1. The Kier molecular flexibility index (Phi) is 4.14. The normalized spacial score (nSPS) is 15.2. The average Bonchev–Trinajstić information content (AvgIpc) is 2.39. The third-order valence-electron chi connectivity index (χ3n) is 3.31. The van der Waals surface area contributed by atoms with Gasteiger partial charge in [-0.1, -0.05) is 18.1 Å². The highest BCUT2D eigenvalue weighted by atomic mass is 19.1. The second kappa shape index (κ2) is 5.82. The molecule has 0 heterocycles. The number of allylic oxidation sites excluding steroid dienone is 1. The first-order chi connectivity index (χ1) is 9.11. The predicted octanol–water partition coefficient (Wildman–Crippen LogP) is 4.09. The van der Waals surface area contributed by atoms with E-state index in [1.807, 2.05) is 6.08 Å². The van der Waals surface area contributed by atoms with Crippen molar-refractivity contribution in [3.8, 4) is 5.75 Å². The van der Waals surface area contributed by atoms with Gasteiger partial charge in [0.05, 0.1) is 12.0 Å². The molecule has 0 spiro atoms. The van der Waals surface area contributed by atoms with Gasteiger partial charge in [0, 0.05) is 6.07 Å². The topological polar surface area (TPSA) is 52.4 Å². The molecule has 0 unspecified atom stereocenters. The molecule has 2 rings (SSSR count). The molecule has 0 aliphatic heterocycles. The van der Waals surface area contributed by atoms with Crippen molar-refractivity contribution >= 4 is 11.8 Å². The molecule has 19 heavy (non-hydrogen) atoms. The van der Waals surface area contributed by atoms with Crippen LogP contribution in [0.1, 0.15) is 37.7 Å². The molecule has 0 radical (unpaired) electrons. The van der Waals surface area contributed by atoms with Crippen molar-refractivity contribution in [3.63, 3.8) is 0 Å². The maximum atomic E-state index is 13.8. The molecular formula is C14H16FNO3. The molecule has 0 bridgehead atoms. The Hall–Kier alpha value is -1.91. The molecule has 1 aromatic carbocycles. The number of nitrogens with zero attached hydrogens (tertiary/aromatic N) is 1. The third kappa shape index (κ3) is 3.10. The Morgan fingerprint density at radius 3 is 2.58 bits per heavy atom. The lowest BCUT2D eigenvalue weighted by molar-refractivity contribution is -0.386. The minimum absolute atomic E-state index is 0.309. The monoisotopic (exact) mass is 265 g/mol. The molecule has 0 atom stereocenters. The summed E-state index contributed by atoms with van der Waals surface area (Å²) in [5.74, 6) is -1.00. The smallest absolute Gasteiger partial charge is 0.314 e. The minimum Gasteiger partial charge on any atom is -0.488 e. The Labute approximate surface area is 111 Å². The van der Waals surface area contributed by atoms with Crippen LogP contribution in [0.25, 0.3) is 6.08 Å². The zero-order valence-electron chi connectivity index (χ0n) is 10.8. The molecule has 1 aliphatic rings. The van der Waals surface area contributed by atoms with E-state index in [1.54, 1.807) is 0 Å². The van der Waals surface area contributed by atoms with Crippen LogP contribution >= 0.6 is 0 Å². The molecular weight excluding hydrogens is 249 g/mol. The van der Waals surface area contributed by atoms with Crippen LogP contribution in [-0.4, -0.2) is 12.0 Å². The Balaban J connectivity index is 2.39. The highest BCUT2D eigenvalue weighted by Gasteiger charge is 2.20. The first-order valence-electron chi connectivity index (χ1n) is 6.33. The van der Waals surface area contributed by atoms with Crippen molar-refractivity contribution in [1.29, 1.82) is 0 Å². The molecule has 4 nitrogen and oxygen atoms in total. The van der Waals surface area contributed by atoms with Gasteiger partial charge in [0.25, 0.3) is 0 Å². The van der Waals surface area contributed by atoms with E-state index in [4.69, 9.17) is 4.74 Å². The molecule has 1 aliphatic carbocycles. The van der Waals surface area contributed by atoms with Crippen LogP contribution < -0.4 is 4.74 Å². The van der Waals surface area contributed by atoms with Crippen molar-refractivity contribution in [2.75, 3.05) is 7.11 Å². The van der Waals surface area contributed by atoms with Gasteiger partial charge in [0.2, 0.25) is 5.75 Å². The van der Waals surface area contributed by atoms with Gasteiger partial charge in [-0.2, -0.15) is 0 Å². The van der Waals surface area contributed by atoms with Gasteiger partial charge in [-0.25, -0.2) is 4.39 Å². The van der Waals surface area contributed by atoms with E-state index in [2.05, 4.69) is 0 Å². The van der Waals surface area contributed by atoms with Crippen LogP contribution in [0, 0.1) is 15.9 Å². The van der Waals surface area contributed by atoms with Crippen LogP contribution in [0.5, 0.6) is 5.75 Å². The van der Waals surface area contributed by atoms with E-state index in [0.717, 1.165) is 25.7 Å². The fourth-order valence-electron chi connectivity index (χ4n) is 2.41. The number of hydrogen-bond donors (Lipinski definition) is 0. The molecule has 1 saturated carbocycles. The molecule has 0 N–H and O–H groups in total. The fourth-order valence-corrected chi connectivity index (χ4v) is 2.41. The lowest BCUT2D eigenvalue weighted by Crippen LogP contribution is -1.98. The number of ether oxygens (including phenoxy) is 1. The van der Waals surface area contributed by atoms with E-state index in [1.165, 1.54) is 31.2 Å². The summed E-state index contributed by atoms with van der Waals surface area (Å²) >= 11 is 0. The van der Waals surface area contributed by atoms with Crippen LogP contribution in [0.15, 0.2) is 17.7 Å². The quantitative estimate of drug-likeness (QED) is 0.611. The minimum atomic E-state index is -0.695. The second-order valence-corrected chi connectivity index (χ2v) is 4.68. The average molecular weight is 265 g/mol. The standard InChI is InChI=1S/C14H16FNO3/c1-19-14-12(15)8-11(9-13(14)16(17)18)7-10-5-3-2-4-6-10/h7-9H,2-6H2,1H3. The van der Waals surface area contributed by atoms with Gasteiger partial charge in [0.1, 0.15) is 0 Å². The first-order valence-corrected chi connectivity index (χ1v) is 6.33. The van der Waals surface area contributed by atoms with Gasteiger partial charge in [-0.15, -0.1) is 0 Å². The summed E-state index contributed by atoms with van der Waals surface area (Å²) in [6.45, 7) is 0. The first kappa shape index (κ1) is 13.5. The van der Waals surface area contributed by atoms with E-state index < -0.39 is 10.7 Å². The maximum absolute atomic E-state index is 13.8. The van der Waals surface area contributed by atoms with Gasteiger partial charge in [-0.3, -0.25) is 10.1 Å². The third-order valence-corrected chi connectivity index (χ3v) is 3.31. The zero-order valence-corrected chi connectivity index (χ0v) is 10.8. The van der Waals surface area contributed by atoms with E-state index in [9.17, 15) is 14.5 Å². The highest BCUT2D eigenvalue weighted by Crippen LogP contribution is 2.33. The summed E-state index contributed by atoms with van der Waals surface area (Å²) in [7, 11) is 1.23. The lowest BCUT2D eigenvalue weighted by atomic mass is 9.93. The van der Waals surface area contributed by atoms with Crippen LogP contribution in [0.2, 0.25) is 0 Å². The number of methoxy groups -OCH3 is 1. The van der Waals surface area contributed by atoms with Gasteiger partial charge in [-0.05, 0) is 37.3 Å². The SMILES string of the molecule is COc1c(F)cc(C=C2CCCCC2)cc1[N+](=O)[O-]. The summed E-state index contributed by atoms with van der Waals surface area (Å²) in [6.07, 6.45) is 7.31. The molecule has 0 aromatic heterocycles. The maximum Gasteiger partial charge on any atom is 0.314 e. The van der Waals surface area contributed by atoms with E-state index >= 15 is 0 Å². The number of nitro benzene ring substituents is 1. The number of rotatable bonds is 3. The molecule has 5 heteroatoms. The van der Waals surface area contributed by atoms with Crippen molar-refractivity contribution in [1.82, 2.24) is 0 Å². The van der Waals surface area contributed by atoms with Crippen LogP contribution in [0.3, 0.4) is 0 Å². The van der Waals surface area contributed by atoms with Gasteiger partial charge in [0.15, 0.2) is 5.82 Å². The zero-order chi connectivity index (χ0) is 13.8. The van der Waals surface area contributed by atoms with Crippen LogP contribution in [-0.2, 0) is 0 Å². The van der Waals surface area contributed by atoms with E-state index in [-0.39, 0.29) is 11.4 Å². The summed E-state index contributed by atoms with van der Waals surface area (Å²) < 4.78 is 18.5. The molecule has 102 valence electrons. The molecule has 0 saturated heterocycles. The van der Waals surface area contributed by atoms with Crippen molar-refractivity contribution in [2.24, 2.45) is 0 Å². The summed E-state index contributed by atoms with van der Waals surface area (Å²) in [5, 5.41) is 10.9. The summed E-state index contributed by atoms with van der Waals surface area (Å²) in [6, 6.07) is 2.65. The van der Waals surface area contributed by atoms with Gasteiger partial charge >= 0.3 is 5.69 Å². The number of nitro groups is 1. The number of hydrogen-bond acceptors (Lipinski definition) is 3. The van der Waals surface area contributed by atoms with Crippen molar-refractivity contribution < 1.29 is 14.1 Å². The van der Waals surface area contributed by atoms with Gasteiger partial charge < -0.3 is 4.74 Å². The summed E-state index contributed by atoms with van der Waals surface area (Å²) in [4.78, 5) is 10.3. The second-order valence-electron chi connectivity index (χ2n) is 4.68. The molecule has 1 fully saturated rings.